The third-order valence-electron chi connectivity index (χ3n) is 3.30. The topological polar surface area (TPSA) is 114 Å². The number of nitrogens with zero attached hydrogens (tertiary/aromatic N) is 1. The lowest BCUT2D eigenvalue weighted by Gasteiger charge is -2.15. The van der Waals surface area contributed by atoms with Gasteiger partial charge < -0.3 is 5.32 Å². The standard InChI is InChI=1S/C15H18N4O3S/c1-10-4-3-9-17-14(10)19-15(20)18-11(2)12-5-7-13(8-6-12)23(16,21)22/h3-9,11H,1-2H3,(H2,16,21,22)(H2,17,18,19,20). The number of aromatic nitrogens is 1. The smallest absolute Gasteiger partial charge is 0.320 e. The highest BCUT2D eigenvalue weighted by atomic mass is 32.2. The minimum absolute atomic E-state index is 0.0296. The summed E-state index contributed by atoms with van der Waals surface area (Å²) in [6.45, 7) is 3.63. The van der Waals surface area contributed by atoms with Crippen molar-refractivity contribution in [1.29, 1.82) is 0 Å². The Balaban J connectivity index is 2.02. The van der Waals surface area contributed by atoms with Gasteiger partial charge in [0.15, 0.2) is 0 Å². The average molecular weight is 334 g/mol. The van der Waals surface area contributed by atoms with Crippen LogP contribution in [0.4, 0.5) is 10.6 Å². The summed E-state index contributed by atoms with van der Waals surface area (Å²) in [5.74, 6) is 0.488. The molecule has 0 radical (unpaired) electrons. The number of hydrogen-bond donors (Lipinski definition) is 3. The SMILES string of the molecule is Cc1cccnc1NC(=O)NC(C)c1ccc(S(N)(=O)=O)cc1. The third-order valence-corrected chi connectivity index (χ3v) is 4.23. The number of hydrogen-bond acceptors (Lipinski definition) is 4. The van der Waals surface area contributed by atoms with E-state index in [2.05, 4.69) is 15.6 Å². The number of urea groups is 1. The van der Waals surface area contributed by atoms with Crippen LogP contribution < -0.4 is 15.8 Å². The minimum atomic E-state index is -3.72. The fourth-order valence-corrected chi connectivity index (χ4v) is 2.50. The maximum atomic E-state index is 12.0. The van der Waals surface area contributed by atoms with Crippen LogP contribution in [0.5, 0.6) is 0 Å². The second kappa shape index (κ2) is 6.76. The Morgan fingerprint density at radius 3 is 2.43 bits per heavy atom. The molecular weight excluding hydrogens is 316 g/mol. The zero-order chi connectivity index (χ0) is 17.0. The molecule has 1 unspecified atom stereocenters. The second-order valence-electron chi connectivity index (χ2n) is 5.10. The molecule has 0 aliphatic carbocycles. The lowest BCUT2D eigenvalue weighted by molar-refractivity contribution is 0.249. The molecule has 0 aliphatic rings. The van der Waals surface area contributed by atoms with Crippen LogP contribution in [0, 0.1) is 6.92 Å². The van der Waals surface area contributed by atoms with E-state index in [1.165, 1.54) is 12.1 Å². The van der Waals surface area contributed by atoms with E-state index in [4.69, 9.17) is 5.14 Å². The molecule has 0 aliphatic heterocycles. The molecule has 8 heteroatoms. The predicted octanol–water partition coefficient (Wildman–Crippen LogP) is 1.92. The number of amides is 2. The normalized spacial score (nSPS) is 12.5. The number of rotatable bonds is 4. The highest BCUT2D eigenvalue weighted by molar-refractivity contribution is 7.89. The molecule has 4 N–H and O–H groups in total. The quantitative estimate of drug-likeness (QED) is 0.792. The maximum absolute atomic E-state index is 12.0. The van der Waals surface area contributed by atoms with Gasteiger partial charge in [-0.3, -0.25) is 5.32 Å². The molecule has 0 fully saturated rings. The minimum Gasteiger partial charge on any atom is -0.331 e. The first kappa shape index (κ1) is 16.9. The van der Waals surface area contributed by atoms with Crippen molar-refractivity contribution in [2.45, 2.75) is 24.8 Å². The van der Waals surface area contributed by atoms with Gasteiger partial charge in [0, 0.05) is 6.20 Å². The van der Waals surface area contributed by atoms with Crippen molar-refractivity contribution in [3.63, 3.8) is 0 Å². The maximum Gasteiger partial charge on any atom is 0.320 e. The molecule has 1 aromatic carbocycles. The van der Waals surface area contributed by atoms with Crippen LogP contribution in [0.2, 0.25) is 0 Å². The van der Waals surface area contributed by atoms with Crippen LogP contribution in [0.25, 0.3) is 0 Å². The van der Waals surface area contributed by atoms with E-state index in [1.54, 1.807) is 31.3 Å². The van der Waals surface area contributed by atoms with E-state index in [9.17, 15) is 13.2 Å². The Morgan fingerprint density at radius 2 is 1.87 bits per heavy atom. The molecule has 2 rings (SSSR count). The lowest BCUT2D eigenvalue weighted by atomic mass is 10.1. The Hall–Kier alpha value is -2.45. The number of carbonyl (C=O) groups is 1. The summed E-state index contributed by atoms with van der Waals surface area (Å²) in [7, 11) is -3.72. The number of benzene rings is 1. The number of anilines is 1. The first-order valence-electron chi connectivity index (χ1n) is 6.89. The van der Waals surface area contributed by atoms with Crippen molar-refractivity contribution < 1.29 is 13.2 Å². The van der Waals surface area contributed by atoms with Crippen molar-refractivity contribution in [3.05, 3.63) is 53.7 Å². The van der Waals surface area contributed by atoms with Crippen molar-refractivity contribution in [3.8, 4) is 0 Å². The Morgan fingerprint density at radius 1 is 1.22 bits per heavy atom. The molecule has 23 heavy (non-hydrogen) atoms. The summed E-state index contributed by atoms with van der Waals surface area (Å²) in [4.78, 5) is 16.1. The molecule has 1 atom stereocenters. The van der Waals surface area contributed by atoms with E-state index < -0.39 is 16.1 Å². The van der Waals surface area contributed by atoms with Crippen molar-refractivity contribution in [2.24, 2.45) is 5.14 Å². The zero-order valence-corrected chi connectivity index (χ0v) is 13.6. The van der Waals surface area contributed by atoms with Gasteiger partial charge in [-0.2, -0.15) is 0 Å². The van der Waals surface area contributed by atoms with Gasteiger partial charge >= 0.3 is 6.03 Å². The van der Waals surface area contributed by atoms with E-state index >= 15 is 0 Å². The first-order valence-corrected chi connectivity index (χ1v) is 8.44. The first-order chi connectivity index (χ1) is 10.8. The third kappa shape index (κ3) is 4.51. The van der Waals surface area contributed by atoms with Crippen LogP contribution >= 0.6 is 0 Å². The van der Waals surface area contributed by atoms with E-state index in [1.807, 2.05) is 13.0 Å². The zero-order valence-electron chi connectivity index (χ0n) is 12.8. The molecule has 2 amide bonds. The molecule has 0 saturated carbocycles. The van der Waals surface area contributed by atoms with Crippen LogP contribution in [0.3, 0.4) is 0 Å². The number of aryl methyl sites for hydroxylation is 1. The molecule has 0 spiro atoms. The number of pyridine rings is 1. The molecule has 0 bridgehead atoms. The van der Waals surface area contributed by atoms with E-state index in [0.717, 1.165) is 11.1 Å². The van der Waals surface area contributed by atoms with Gasteiger partial charge in [0.05, 0.1) is 10.9 Å². The van der Waals surface area contributed by atoms with Crippen LogP contribution in [0.15, 0.2) is 47.5 Å². The van der Waals surface area contributed by atoms with Gasteiger partial charge in [-0.15, -0.1) is 0 Å². The van der Waals surface area contributed by atoms with Gasteiger partial charge in [0.2, 0.25) is 10.0 Å². The van der Waals surface area contributed by atoms with Crippen molar-refractivity contribution >= 4 is 21.9 Å². The van der Waals surface area contributed by atoms with Gasteiger partial charge in [-0.05, 0) is 43.2 Å². The number of nitrogens with two attached hydrogens (primary N) is 1. The second-order valence-corrected chi connectivity index (χ2v) is 6.66. The summed E-state index contributed by atoms with van der Waals surface area (Å²) < 4.78 is 22.4. The molecule has 122 valence electrons. The average Bonchev–Trinajstić information content (AvgIpc) is 2.49. The molecule has 1 aromatic heterocycles. The summed E-state index contributed by atoms with van der Waals surface area (Å²) in [5.41, 5.74) is 1.61. The van der Waals surface area contributed by atoms with Crippen molar-refractivity contribution in [2.75, 3.05) is 5.32 Å². The number of nitrogens with one attached hydrogen (secondary N) is 2. The van der Waals surface area contributed by atoms with Gasteiger partial charge in [0.1, 0.15) is 5.82 Å². The summed E-state index contributed by atoms with van der Waals surface area (Å²) in [6, 6.07) is 8.95. The Kier molecular flexibility index (Phi) is 4.97. The van der Waals surface area contributed by atoms with Crippen LogP contribution in [-0.4, -0.2) is 19.4 Å². The molecule has 2 aromatic rings. The van der Waals surface area contributed by atoms with Gasteiger partial charge in [-0.25, -0.2) is 23.3 Å². The van der Waals surface area contributed by atoms with Crippen LogP contribution in [0.1, 0.15) is 24.1 Å². The van der Waals surface area contributed by atoms with E-state index in [-0.39, 0.29) is 10.9 Å². The summed E-state index contributed by atoms with van der Waals surface area (Å²) in [5, 5.41) is 10.5. The number of sulfonamides is 1. The molecule has 7 nitrogen and oxygen atoms in total. The Labute approximate surface area is 135 Å². The fourth-order valence-electron chi connectivity index (χ4n) is 1.99. The summed E-state index contributed by atoms with van der Waals surface area (Å²) >= 11 is 0. The monoisotopic (exact) mass is 334 g/mol. The summed E-state index contributed by atoms with van der Waals surface area (Å²) in [6.07, 6.45) is 1.60. The molecular formula is C15H18N4O3S. The largest absolute Gasteiger partial charge is 0.331 e. The molecule has 0 saturated heterocycles. The fraction of sp³-hybridized carbons (Fsp3) is 0.200. The van der Waals surface area contributed by atoms with Crippen LogP contribution in [-0.2, 0) is 10.0 Å². The van der Waals surface area contributed by atoms with Gasteiger partial charge in [-0.1, -0.05) is 18.2 Å². The predicted molar refractivity (Wildman–Crippen MR) is 87.4 cm³/mol. The lowest BCUT2D eigenvalue weighted by Crippen LogP contribution is -2.31. The highest BCUT2D eigenvalue weighted by Gasteiger charge is 2.13. The molecule has 1 heterocycles. The number of primary sulfonamides is 1. The van der Waals surface area contributed by atoms with Gasteiger partial charge in [0.25, 0.3) is 0 Å². The van der Waals surface area contributed by atoms with E-state index in [0.29, 0.717) is 5.82 Å². The number of carbonyl (C=O) groups excluding carboxylic acids is 1. The Bertz CT molecular complexity index is 804. The highest BCUT2D eigenvalue weighted by Crippen LogP contribution is 2.16. The van der Waals surface area contributed by atoms with Crippen molar-refractivity contribution in [1.82, 2.24) is 10.3 Å².